The predicted molar refractivity (Wildman–Crippen MR) is 76.4 cm³/mol. The van der Waals surface area contributed by atoms with Crippen molar-refractivity contribution in [1.29, 1.82) is 0 Å². The lowest BCUT2D eigenvalue weighted by atomic mass is 10.1. The SMILES string of the molecule is CCc1occc1C(=O)Nc1ccccc1C#CCO. The molecular weight excluding hydrogens is 254 g/mol. The normalized spacial score (nSPS) is 9.70. The maximum Gasteiger partial charge on any atom is 0.259 e. The van der Waals surface area contributed by atoms with Crippen LogP contribution in [0.4, 0.5) is 5.69 Å². The molecular formula is C16H15NO3. The molecule has 2 rings (SSSR count). The summed E-state index contributed by atoms with van der Waals surface area (Å²) in [6.45, 7) is 1.71. The summed E-state index contributed by atoms with van der Waals surface area (Å²) in [7, 11) is 0. The molecule has 1 amide bonds. The highest BCUT2D eigenvalue weighted by Crippen LogP contribution is 2.17. The van der Waals surface area contributed by atoms with E-state index in [0.29, 0.717) is 29.0 Å². The van der Waals surface area contributed by atoms with Crippen LogP contribution in [0.5, 0.6) is 0 Å². The number of hydrogen-bond acceptors (Lipinski definition) is 3. The zero-order valence-electron chi connectivity index (χ0n) is 11.1. The molecule has 0 saturated carbocycles. The largest absolute Gasteiger partial charge is 0.469 e. The zero-order chi connectivity index (χ0) is 14.4. The molecule has 1 aromatic carbocycles. The third kappa shape index (κ3) is 3.08. The van der Waals surface area contributed by atoms with E-state index in [1.165, 1.54) is 6.26 Å². The van der Waals surface area contributed by atoms with E-state index in [2.05, 4.69) is 17.2 Å². The number of carbonyl (C=O) groups excluding carboxylic acids is 1. The molecule has 20 heavy (non-hydrogen) atoms. The summed E-state index contributed by atoms with van der Waals surface area (Å²) in [6.07, 6.45) is 2.16. The zero-order valence-corrected chi connectivity index (χ0v) is 11.1. The number of benzene rings is 1. The Morgan fingerprint density at radius 2 is 2.15 bits per heavy atom. The molecule has 0 fully saturated rings. The van der Waals surface area contributed by atoms with Gasteiger partial charge >= 0.3 is 0 Å². The summed E-state index contributed by atoms with van der Waals surface area (Å²) in [5.41, 5.74) is 1.80. The summed E-state index contributed by atoms with van der Waals surface area (Å²) >= 11 is 0. The van der Waals surface area contributed by atoms with E-state index < -0.39 is 0 Å². The first kappa shape index (κ1) is 13.9. The van der Waals surface area contributed by atoms with Crippen molar-refractivity contribution in [1.82, 2.24) is 0 Å². The first-order valence-electron chi connectivity index (χ1n) is 6.32. The Balaban J connectivity index is 2.24. The van der Waals surface area contributed by atoms with Gasteiger partial charge in [-0.15, -0.1) is 0 Å². The molecule has 0 radical (unpaired) electrons. The van der Waals surface area contributed by atoms with Crippen molar-refractivity contribution in [2.45, 2.75) is 13.3 Å². The standard InChI is InChI=1S/C16H15NO3/c1-2-15-13(9-11-20-15)16(19)17-14-8-4-3-6-12(14)7-5-10-18/h3-4,6,8-9,11,18H,2,10H2,1H3,(H,17,19). The van der Waals surface area contributed by atoms with Crippen LogP contribution in [0.3, 0.4) is 0 Å². The molecule has 0 atom stereocenters. The number of aliphatic hydroxyl groups is 1. The smallest absolute Gasteiger partial charge is 0.259 e. The molecule has 2 aromatic rings. The third-order valence-electron chi connectivity index (χ3n) is 2.79. The van der Waals surface area contributed by atoms with E-state index >= 15 is 0 Å². The van der Waals surface area contributed by atoms with Crippen molar-refractivity contribution in [2.75, 3.05) is 11.9 Å². The van der Waals surface area contributed by atoms with Crippen LogP contribution in [0.15, 0.2) is 41.0 Å². The van der Waals surface area contributed by atoms with Gasteiger partial charge in [0.25, 0.3) is 5.91 Å². The molecule has 0 aliphatic carbocycles. The van der Waals surface area contributed by atoms with E-state index in [9.17, 15) is 4.79 Å². The number of aryl methyl sites for hydroxylation is 1. The Bertz CT molecular complexity index is 662. The van der Waals surface area contributed by atoms with Crippen LogP contribution in [-0.4, -0.2) is 17.6 Å². The second-order valence-corrected chi connectivity index (χ2v) is 4.07. The molecule has 0 unspecified atom stereocenters. The lowest BCUT2D eigenvalue weighted by Gasteiger charge is -2.07. The highest BCUT2D eigenvalue weighted by atomic mass is 16.3. The summed E-state index contributed by atoms with van der Waals surface area (Å²) in [5, 5.41) is 11.6. The monoisotopic (exact) mass is 269 g/mol. The Labute approximate surface area is 117 Å². The van der Waals surface area contributed by atoms with E-state index in [-0.39, 0.29) is 12.5 Å². The number of amides is 1. The van der Waals surface area contributed by atoms with Crippen LogP contribution in [-0.2, 0) is 6.42 Å². The Morgan fingerprint density at radius 3 is 2.90 bits per heavy atom. The van der Waals surface area contributed by atoms with Gasteiger partial charge in [-0.25, -0.2) is 0 Å². The highest BCUT2D eigenvalue weighted by Gasteiger charge is 2.14. The number of aliphatic hydroxyl groups excluding tert-OH is 1. The number of nitrogens with one attached hydrogen (secondary N) is 1. The van der Waals surface area contributed by atoms with Gasteiger partial charge in [-0.2, -0.15) is 0 Å². The fourth-order valence-electron chi connectivity index (χ4n) is 1.84. The van der Waals surface area contributed by atoms with E-state index in [1.54, 1.807) is 18.2 Å². The van der Waals surface area contributed by atoms with E-state index in [1.807, 2.05) is 19.1 Å². The summed E-state index contributed by atoms with van der Waals surface area (Å²) in [6, 6.07) is 8.84. The third-order valence-corrected chi connectivity index (χ3v) is 2.79. The van der Waals surface area contributed by atoms with Crippen LogP contribution in [0, 0.1) is 11.8 Å². The minimum absolute atomic E-state index is 0.218. The maximum absolute atomic E-state index is 12.2. The van der Waals surface area contributed by atoms with Crippen molar-refractivity contribution in [3.63, 3.8) is 0 Å². The van der Waals surface area contributed by atoms with Gasteiger partial charge in [0.05, 0.1) is 17.5 Å². The quantitative estimate of drug-likeness (QED) is 0.841. The van der Waals surface area contributed by atoms with Gasteiger partial charge in [-0.3, -0.25) is 4.79 Å². The minimum atomic E-state index is -0.228. The molecule has 0 aliphatic heterocycles. The van der Waals surface area contributed by atoms with Gasteiger partial charge in [0.2, 0.25) is 0 Å². The van der Waals surface area contributed by atoms with Crippen LogP contribution < -0.4 is 5.32 Å². The fourth-order valence-corrected chi connectivity index (χ4v) is 1.84. The molecule has 0 spiro atoms. The van der Waals surface area contributed by atoms with Crippen molar-refractivity contribution in [2.24, 2.45) is 0 Å². The number of hydrogen-bond donors (Lipinski definition) is 2. The van der Waals surface area contributed by atoms with Crippen LogP contribution in [0.25, 0.3) is 0 Å². The molecule has 4 heteroatoms. The van der Waals surface area contributed by atoms with Gasteiger partial charge in [0.1, 0.15) is 12.4 Å². The van der Waals surface area contributed by atoms with Crippen LogP contribution in [0.2, 0.25) is 0 Å². The molecule has 0 bridgehead atoms. The minimum Gasteiger partial charge on any atom is -0.469 e. The first-order valence-corrected chi connectivity index (χ1v) is 6.32. The first-order chi connectivity index (χ1) is 9.76. The fraction of sp³-hybridized carbons (Fsp3) is 0.188. The molecule has 0 saturated heterocycles. The number of anilines is 1. The number of para-hydroxylation sites is 1. The number of rotatable bonds is 3. The van der Waals surface area contributed by atoms with Crippen molar-refractivity contribution in [3.05, 3.63) is 53.5 Å². The number of furan rings is 1. The van der Waals surface area contributed by atoms with Gasteiger partial charge in [0.15, 0.2) is 0 Å². The molecule has 0 aliphatic rings. The highest BCUT2D eigenvalue weighted by molar-refractivity contribution is 6.05. The van der Waals surface area contributed by atoms with Gasteiger partial charge in [-0.1, -0.05) is 30.9 Å². The molecule has 2 N–H and O–H groups in total. The lowest BCUT2D eigenvalue weighted by Crippen LogP contribution is -2.13. The van der Waals surface area contributed by atoms with Crippen molar-refractivity contribution in [3.8, 4) is 11.8 Å². The maximum atomic E-state index is 12.2. The van der Waals surface area contributed by atoms with Crippen molar-refractivity contribution >= 4 is 11.6 Å². The Morgan fingerprint density at radius 1 is 1.35 bits per heavy atom. The molecule has 1 heterocycles. The predicted octanol–water partition coefficient (Wildman–Crippen LogP) is 2.44. The van der Waals surface area contributed by atoms with Gasteiger partial charge in [0, 0.05) is 12.0 Å². The second kappa shape index (κ2) is 6.60. The van der Waals surface area contributed by atoms with Gasteiger partial charge in [-0.05, 0) is 18.2 Å². The second-order valence-electron chi connectivity index (χ2n) is 4.07. The average Bonchev–Trinajstić information content (AvgIpc) is 2.95. The van der Waals surface area contributed by atoms with Gasteiger partial charge < -0.3 is 14.8 Å². The Kier molecular flexibility index (Phi) is 4.59. The Hall–Kier alpha value is -2.51. The summed E-state index contributed by atoms with van der Waals surface area (Å²) < 4.78 is 5.25. The van der Waals surface area contributed by atoms with Crippen LogP contribution >= 0.6 is 0 Å². The average molecular weight is 269 g/mol. The summed E-state index contributed by atoms with van der Waals surface area (Å²) in [5.74, 6) is 5.80. The molecule has 4 nitrogen and oxygen atoms in total. The lowest BCUT2D eigenvalue weighted by molar-refractivity contribution is 0.102. The van der Waals surface area contributed by atoms with Crippen molar-refractivity contribution < 1.29 is 14.3 Å². The summed E-state index contributed by atoms with van der Waals surface area (Å²) in [4.78, 5) is 12.2. The van der Waals surface area contributed by atoms with Crippen LogP contribution in [0.1, 0.15) is 28.6 Å². The van der Waals surface area contributed by atoms with E-state index in [0.717, 1.165) is 0 Å². The molecule has 102 valence electrons. The number of carbonyl (C=O) groups is 1. The van der Waals surface area contributed by atoms with E-state index in [4.69, 9.17) is 9.52 Å². The topological polar surface area (TPSA) is 62.5 Å². The molecule has 1 aromatic heterocycles.